The molecule has 2 rings (SSSR count). The lowest BCUT2D eigenvalue weighted by Crippen LogP contribution is -2.01. The number of aliphatic carboxylic acids is 1. The standard InChI is InChI=1S/C6H5N5O2S/c12-6(13)3-14-5-2-7-1-4-8-9-10-11(4)5/h1-2H,3H2,(H,12,13). The summed E-state index contributed by atoms with van der Waals surface area (Å²) in [6, 6.07) is 0. The van der Waals surface area contributed by atoms with Gasteiger partial charge < -0.3 is 5.11 Å². The smallest absolute Gasteiger partial charge is 0.313 e. The number of hydrogen-bond acceptors (Lipinski definition) is 6. The van der Waals surface area contributed by atoms with Gasteiger partial charge in [0, 0.05) is 0 Å². The third kappa shape index (κ3) is 1.64. The highest BCUT2D eigenvalue weighted by molar-refractivity contribution is 7.99. The quantitative estimate of drug-likeness (QED) is 0.696. The summed E-state index contributed by atoms with van der Waals surface area (Å²) in [7, 11) is 0. The van der Waals surface area contributed by atoms with Crippen LogP contribution in [0.2, 0.25) is 0 Å². The normalized spacial score (nSPS) is 10.6. The van der Waals surface area contributed by atoms with Crippen LogP contribution in [0.5, 0.6) is 0 Å². The van der Waals surface area contributed by atoms with Crippen LogP contribution >= 0.6 is 11.8 Å². The zero-order chi connectivity index (χ0) is 9.97. The molecule has 0 aliphatic carbocycles. The fraction of sp³-hybridized carbons (Fsp3) is 0.167. The summed E-state index contributed by atoms with van der Waals surface area (Å²) >= 11 is 1.12. The van der Waals surface area contributed by atoms with Crippen LogP contribution < -0.4 is 0 Å². The Morgan fingerprint density at radius 2 is 2.43 bits per heavy atom. The van der Waals surface area contributed by atoms with Gasteiger partial charge in [0.2, 0.25) is 0 Å². The predicted molar refractivity (Wildman–Crippen MR) is 46.9 cm³/mol. The average molecular weight is 211 g/mol. The topological polar surface area (TPSA) is 93.3 Å². The molecule has 1 N–H and O–H groups in total. The zero-order valence-electron chi connectivity index (χ0n) is 6.86. The van der Waals surface area contributed by atoms with E-state index in [0.29, 0.717) is 10.7 Å². The van der Waals surface area contributed by atoms with Gasteiger partial charge in [-0.1, -0.05) is 11.8 Å². The number of rotatable bonds is 3. The first-order valence-corrected chi connectivity index (χ1v) is 4.62. The van der Waals surface area contributed by atoms with Gasteiger partial charge in [-0.3, -0.25) is 9.78 Å². The maximum absolute atomic E-state index is 10.3. The molecule has 0 atom stereocenters. The van der Waals surface area contributed by atoms with Gasteiger partial charge in [0.25, 0.3) is 0 Å². The molecule has 0 saturated carbocycles. The van der Waals surface area contributed by atoms with Crippen molar-refractivity contribution in [3.05, 3.63) is 12.4 Å². The van der Waals surface area contributed by atoms with Crippen molar-refractivity contribution in [2.24, 2.45) is 0 Å². The second kappa shape index (κ2) is 3.58. The fourth-order valence-corrected chi connectivity index (χ4v) is 1.55. The Morgan fingerprint density at radius 1 is 1.57 bits per heavy atom. The number of carboxylic acids is 1. The molecule has 0 unspecified atom stereocenters. The first kappa shape index (κ1) is 8.88. The molecule has 2 heterocycles. The van der Waals surface area contributed by atoms with Crippen LogP contribution in [0.15, 0.2) is 17.4 Å². The van der Waals surface area contributed by atoms with Crippen molar-refractivity contribution >= 4 is 23.4 Å². The van der Waals surface area contributed by atoms with Crippen LogP contribution in [0.1, 0.15) is 0 Å². The molecular formula is C6H5N5O2S. The highest BCUT2D eigenvalue weighted by Gasteiger charge is 2.06. The van der Waals surface area contributed by atoms with Gasteiger partial charge >= 0.3 is 5.97 Å². The van der Waals surface area contributed by atoms with Crippen LogP contribution in [0.4, 0.5) is 0 Å². The van der Waals surface area contributed by atoms with Gasteiger partial charge in [-0.25, -0.2) is 0 Å². The highest BCUT2D eigenvalue weighted by atomic mass is 32.2. The molecule has 0 amide bonds. The second-order valence-electron chi connectivity index (χ2n) is 2.38. The first-order valence-electron chi connectivity index (χ1n) is 3.64. The van der Waals surface area contributed by atoms with Crippen LogP contribution in [-0.2, 0) is 4.79 Å². The number of fused-ring (bicyclic) bond motifs is 1. The lowest BCUT2D eigenvalue weighted by atomic mass is 10.7. The molecule has 0 aromatic carbocycles. The summed E-state index contributed by atoms with van der Waals surface area (Å²) in [6.07, 6.45) is 3.03. The Morgan fingerprint density at radius 3 is 3.21 bits per heavy atom. The van der Waals surface area contributed by atoms with E-state index in [1.807, 2.05) is 0 Å². The molecule has 0 aliphatic heterocycles. The van der Waals surface area contributed by atoms with E-state index in [4.69, 9.17) is 5.11 Å². The molecule has 7 nitrogen and oxygen atoms in total. The molecule has 2 aromatic rings. The van der Waals surface area contributed by atoms with E-state index < -0.39 is 5.97 Å². The summed E-state index contributed by atoms with van der Waals surface area (Å²) in [5, 5.41) is 19.9. The molecule has 72 valence electrons. The van der Waals surface area contributed by atoms with Crippen LogP contribution in [0.25, 0.3) is 5.65 Å². The van der Waals surface area contributed by atoms with E-state index in [9.17, 15) is 4.79 Å². The Hall–Kier alpha value is -1.70. The fourth-order valence-electron chi connectivity index (χ4n) is 0.888. The number of thioether (sulfide) groups is 1. The average Bonchev–Trinajstić information content (AvgIpc) is 2.62. The molecule has 14 heavy (non-hydrogen) atoms. The molecule has 0 fully saturated rings. The molecule has 0 spiro atoms. The number of aromatic nitrogens is 5. The summed E-state index contributed by atoms with van der Waals surface area (Å²) in [5.74, 6) is -0.930. The van der Waals surface area contributed by atoms with Crippen LogP contribution in [-0.4, -0.2) is 41.9 Å². The Labute approximate surface area is 82.1 Å². The maximum atomic E-state index is 10.3. The molecule has 0 saturated heterocycles. The van der Waals surface area contributed by atoms with Gasteiger partial charge in [-0.2, -0.15) is 4.52 Å². The minimum atomic E-state index is -0.889. The lowest BCUT2D eigenvalue weighted by molar-refractivity contribution is -0.133. The largest absolute Gasteiger partial charge is 0.481 e. The number of tetrazole rings is 1. The summed E-state index contributed by atoms with van der Waals surface area (Å²) in [5.41, 5.74) is 0.500. The molecule has 0 bridgehead atoms. The third-order valence-electron chi connectivity index (χ3n) is 1.42. The van der Waals surface area contributed by atoms with Crippen molar-refractivity contribution in [1.82, 2.24) is 25.0 Å². The first-order chi connectivity index (χ1) is 6.77. The Bertz CT molecular complexity index is 470. The van der Waals surface area contributed by atoms with Gasteiger partial charge in [0.05, 0.1) is 18.1 Å². The number of carboxylic acid groups (broad SMARTS) is 1. The molecule has 2 aromatic heterocycles. The highest BCUT2D eigenvalue weighted by Crippen LogP contribution is 2.15. The van der Waals surface area contributed by atoms with E-state index in [1.165, 1.54) is 16.9 Å². The predicted octanol–water partition coefficient (Wildman–Crippen LogP) is -0.304. The molecule has 0 radical (unpaired) electrons. The van der Waals surface area contributed by atoms with Crippen molar-refractivity contribution in [3.63, 3.8) is 0 Å². The molecule has 8 heteroatoms. The van der Waals surface area contributed by atoms with Gasteiger partial charge in [-0.15, -0.1) is 5.10 Å². The summed E-state index contributed by atoms with van der Waals surface area (Å²) in [6.45, 7) is 0. The van der Waals surface area contributed by atoms with E-state index >= 15 is 0 Å². The SMILES string of the molecule is O=C(O)CSc1cncc2nnnn12. The zero-order valence-corrected chi connectivity index (χ0v) is 7.68. The molecule has 0 aliphatic rings. The monoisotopic (exact) mass is 211 g/mol. The van der Waals surface area contributed by atoms with Crippen LogP contribution in [0, 0.1) is 0 Å². The number of nitrogens with zero attached hydrogens (tertiary/aromatic N) is 5. The minimum absolute atomic E-state index is 0.0410. The Kier molecular flexibility index (Phi) is 2.27. The van der Waals surface area contributed by atoms with Crippen molar-refractivity contribution in [1.29, 1.82) is 0 Å². The Balaban J connectivity index is 2.32. The van der Waals surface area contributed by atoms with Crippen molar-refractivity contribution in [2.75, 3.05) is 5.75 Å². The van der Waals surface area contributed by atoms with Gasteiger partial charge in [0.15, 0.2) is 5.65 Å². The van der Waals surface area contributed by atoms with E-state index in [-0.39, 0.29) is 5.75 Å². The second-order valence-corrected chi connectivity index (χ2v) is 3.37. The molecular weight excluding hydrogens is 206 g/mol. The van der Waals surface area contributed by atoms with Crippen molar-refractivity contribution < 1.29 is 9.90 Å². The maximum Gasteiger partial charge on any atom is 0.313 e. The van der Waals surface area contributed by atoms with Crippen LogP contribution in [0.3, 0.4) is 0 Å². The van der Waals surface area contributed by atoms with Gasteiger partial charge in [0.1, 0.15) is 5.03 Å². The summed E-state index contributed by atoms with van der Waals surface area (Å²) in [4.78, 5) is 14.2. The summed E-state index contributed by atoms with van der Waals surface area (Å²) < 4.78 is 1.45. The minimum Gasteiger partial charge on any atom is -0.481 e. The van der Waals surface area contributed by atoms with E-state index in [2.05, 4.69) is 20.5 Å². The number of hydrogen-bond donors (Lipinski definition) is 1. The number of carbonyl (C=O) groups is 1. The third-order valence-corrected chi connectivity index (χ3v) is 2.39. The van der Waals surface area contributed by atoms with Gasteiger partial charge in [-0.05, 0) is 10.4 Å². The van der Waals surface area contributed by atoms with E-state index in [1.54, 1.807) is 0 Å². The lowest BCUT2D eigenvalue weighted by Gasteiger charge is -1.98. The van der Waals surface area contributed by atoms with E-state index in [0.717, 1.165) is 11.8 Å². The van der Waals surface area contributed by atoms with Crippen molar-refractivity contribution in [3.8, 4) is 0 Å². The van der Waals surface area contributed by atoms with Crippen molar-refractivity contribution in [2.45, 2.75) is 5.03 Å².